The van der Waals surface area contributed by atoms with Crippen molar-refractivity contribution in [1.82, 2.24) is 15.5 Å². The van der Waals surface area contributed by atoms with Crippen LogP contribution in [0.1, 0.15) is 13.8 Å². The molecular formula is C11H25N3O2. The van der Waals surface area contributed by atoms with Crippen LogP contribution in [0, 0.1) is 0 Å². The number of hydrogen-bond donors (Lipinski definition) is 2. The largest absolute Gasteiger partial charge is 0.379 e. The Kier molecular flexibility index (Phi) is 9.18. The highest BCUT2D eigenvalue weighted by Gasteiger charge is 2.01. The maximum Gasteiger partial charge on any atom is 0.234 e. The molecule has 0 aromatic heterocycles. The number of amides is 1. The molecule has 0 atom stereocenters. The minimum atomic E-state index is 0.0308. The Morgan fingerprint density at radius 2 is 2.00 bits per heavy atom. The minimum absolute atomic E-state index is 0.0308. The van der Waals surface area contributed by atoms with Gasteiger partial charge in [-0.25, -0.2) is 0 Å². The fraction of sp³-hybridized carbons (Fsp3) is 0.909. The van der Waals surface area contributed by atoms with E-state index in [0.29, 0.717) is 19.7 Å². The lowest BCUT2D eigenvalue weighted by Crippen LogP contribution is -2.38. The van der Waals surface area contributed by atoms with Gasteiger partial charge in [0.25, 0.3) is 0 Å². The summed E-state index contributed by atoms with van der Waals surface area (Å²) in [5, 5.41) is 5.84. The number of likely N-dealkylation sites (N-methyl/N-ethyl adjacent to an activating group) is 1. The van der Waals surface area contributed by atoms with Crippen molar-refractivity contribution in [2.45, 2.75) is 19.9 Å². The van der Waals surface area contributed by atoms with Gasteiger partial charge in [0.1, 0.15) is 0 Å². The van der Waals surface area contributed by atoms with E-state index in [1.807, 2.05) is 27.9 Å². The minimum Gasteiger partial charge on any atom is -0.379 e. The zero-order valence-electron chi connectivity index (χ0n) is 10.9. The molecule has 1 amide bonds. The summed E-state index contributed by atoms with van der Waals surface area (Å²) in [6, 6.07) is 0.200. The van der Waals surface area contributed by atoms with Crippen molar-refractivity contribution in [3.05, 3.63) is 0 Å². The Labute approximate surface area is 98.5 Å². The summed E-state index contributed by atoms with van der Waals surface area (Å²) in [4.78, 5) is 13.3. The van der Waals surface area contributed by atoms with Crippen LogP contribution in [-0.2, 0) is 9.53 Å². The molecule has 16 heavy (non-hydrogen) atoms. The number of hydrogen-bond acceptors (Lipinski definition) is 4. The molecule has 0 aromatic carbocycles. The van der Waals surface area contributed by atoms with Crippen LogP contribution in [0.2, 0.25) is 0 Å². The SMILES string of the molecule is CC(C)NC(=O)CNCCOCCN(C)C. The number of rotatable bonds is 9. The number of ether oxygens (including phenoxy) is 1. The van der Waals surface area contributed by atoms with Gasteiger partial charge in [0, 0.05) is 19.1 Å². The molecule has 0 saturated carbocycles. The van der Waals surface area contributed by atoms with E-state index in [9.17, 15) is 4.79 Å². The van der Waals surface area contributed by atoms with E-state index in [4.69, 9.17) is 4.74 Å². The molecule has 5 heteroatoms. The third-order valence-electron chi connectivity index (χ3n) is 1.84. The van der Waals surface area contributed by atoms with Gasteiger partial charge in [-0.3, -0.25) is 4.79 Å². The zero-order chi connectivity index (χ0) is 12.4. The average Bonchev–Trinajstić information content (AvgIpc) is 2.14. The van der Waals surface area contributed by atoms with Crippen LogP contribution >= 0.6 is 0 Å². The Hall–Kier alpha value is -0.650. The lowest BCUT2D eigenvalue weighted by molar-refractivity contribution is -0.120. The summed E-state index contributed by atoms with van der Waals surface area (Å²) in [5.74, 6) is 0.0308. The zero-order valence-corrected chi connectivity index (χ0v) is 10.9. The number of nitrogens with zero attached hydrogens (tertiary/aromatic N) is 1. The van der Waals surface area contributed by atoms with Crippen molar-refractivity contribution < 1.29 is 9.53 Å². The second kappa shape index (κ2) is 9.57. The molecular weight excluding hydrogens is 206 g/mol. The smallest absolute Gasteiger partial charge is 0.234 e. The average molecular weight is 231 g/mol. The highest BCUT2D eigenvalue weighted by molar-refractivity contribution is 5.78. The van der Waals surface area contributed by atoms with Gasteiger partial charge in [-0.1, -0.05) is 0 Å². The van der Waals surface area contributed by atoms with Crippen LogP contribution < -0.4 is 10.6 Å². The first kappa shape index (κ1) is 15.3. The van der Waals surface area contributed by atoms with E-state index < -0.39 is 0 Å². The molecule has 0 aliphatic carbocycles. The molecule has 96 valence electrons. The number of carbonyl (C=O) groups excluding carboxylic acids is 1. The summed E-state index contributed by atoms with van der Waals surface area (Å²) in [7, 11) is 4.02. The van der Waals surface area contributed by atoms with E-state index in [2.05, 4.69) is 15.5 Å². The summed E-state index contributed by atoms with van der Waals surface area (Å²) in [6.07, 6.45) is 0. The van der Waals surface area contributed by atoms with Gasteiger partial charge < -0.3 is 20.3 Å². The molecule has 0 radical (unpaired) electrons. The molecule has 2 N–H and O–H groups in total. The summed E-state index contributed by atoms with van der Waals surface area (Å²) < 4.78 is 5.37. The van der Waals surface area contributed by atoms with Gasteiger partial charge in [-0.2, -0.15) is 0 Å². The Morgan fingerprint density at radius 1 is 1.31 bits per heavy atom. The Balaban J connectivity index is 3.18. The number of carbonyl (C=O) groups is 1. The molecule has 0 rings (SSSR count). The van der Waals surface area contributed by atoms with Gasteiger partial charge in [0.15, 0.2) is 0 Å². The molecule has 5 nitrogen and oxygen atoms in total. The first-order chi connectivity index (χ1) is 7.52. The Bertz CT molecular complexity index is 184. The fourth-order valence-corrected chi connectivity index (χ4v) is 1.07. The van der Waals surface area contributed by atoms with Gasteiger partial charge in [0.2, 0.25) is 5.91 Å². The summed E-state index contributed by atoms with van der Waals surface area (Å²) in [5.41, 5.74) is 0. The monoisotopic (exact) mass is 231 g/mol. The van der Waals surface area contributed by atoms with Gasteiger partial charge in [0.05, 0.1) is 19.8 Å². The predicted octanol–water partition coefficient (Wildman–Crippen LogP) is -0.321. The van der Waals surface area contributed by atoms with Crippen LogP contribution in [0.5, 0.6) is 0 Å². The first-order valence-corrected chi connectivity index (χ1v) is 5.75. The van der Waals surface area contributed by atoms with Gasteiger partial charge in [-0.15, -0.1) is 0 Å². The van der Waals surface area contributed by atoms with E-state index in [1.165, 1.54) is 0 Å². The van der Waals surface area contributed by atoms with Crippen LogP contribution in [0.25, 0.3) is 0 Å². The molecule has 0 saturated heterocycles. The lowest BCUT2D eigenvalue weighted by atomic mass is 10.4. The van der Waals surface area contributed by atoms with Crippen LogP contribution in [0.15, 0.2) is 0 Å². The van der Waals surface area contributed by atoms with E-state index in [-0.39, 0.29) is 11.9 Å². The fourth-order valence-electron chi connectivity index (χ4n) is 1.07. The normalized spacial score (nSPS) is 11.1. The molecule has 0 aliphatic rings. The Morgan fingerprint density at radius 3 is 2.56 bits per heavy atom. The van der Waals surface area contributed by atoms with Crippen molar-refractivity contribution in [3.63, 3.8) is 0 Å². The second-order valence-corrected chi connectivity index (χ2v) is 4.31. The van der Waals surface area contributed by atoms with E-state index in [0.717, 1.165) is 13.2 Å². The molecule has 0 aromatic rings. The molecule has 0 heterocycles. The predicted molar refractivity (Wildman–Crippen MR) is 65.5 cm³/mol. The van der Waals surface area contributed by atoms with Crippen molar-refractivity contribution >= 4 is 5.91 Å². The second-order valence-electron chi connectivity index (χ2n) is 4.31. The van der Waals surface area contributed by atoms with Crippen LogP contribution in [0.4, 0.5) is 0 Å². The molecule has 0 bridgehead atoms. The van der Waals surface area contributed by atoms with Crippen molar-refractivity contribution in [2.24, 2.45) is 0 Å². The topological polar surface area (TPSA) is 53.6 Å². The highest BCUT2D eigenvalue weighted by atomic mass is 16.5. The molecule has 0 fully saturated rings. The van der Waals surface area contributed by atoms with Crippen LogP contribution in [-0.4, -0.2) is 63.8 Å². The summed E-state index contributed by atoms with van der Waals surface area (Å²) >= 11 is 0. The number of nitrogens with one attached hydrogen (secondary N) is 2. The van der Waals surface area contributed by atoms with E-state index in [1.54, 1.807) is 0 Å². The maximum atomic E-state index is 11.2. The van der Waals surface area contributed by atoms with Crippen molar-refractivity contribution in [2.75, 3.05) is 46.9 Å². The molecule has 0 aliphatic heterocycles. The van der Waals surface area contributed by atoms with Crippen molar-refractivity contribution in [3.8, 4) is 0 Å². The molecule has 0 spiro atoms. The third-order valence-corrected chi connectivity index (χ3v) is 1.84. The van der Waals surface area contributed by atoms with E-state index >= 15 is 0 Å². The quantitative estimate of drug-likeness (QED) is 0.534. The molecule has 0 unspecified atom stereocenters. The standard InChI is InChI=1S/C11H25N3O2/c1-10(2)13-11(15)9-12-5-7-16-8-6-14(3)4/h10,12H,5-9H2,1-4H3,(H,13,15). The van der Waals surface area contributed by atoms with Gasteiger partial charge in [-0.05, 0) is 27.9 Å². The van der Waals surface area contributed by atoms with Crippen molar-refractivity contribution in [1.29, 1.82) is 0 Å². The summed E-state index contributed by atoms with van der Waals surface area (Å²) in [6.45, 7) is 7.25. The first-order valence-electron chi connectivity index (χ1n) is 5.75. The third kappa shape index (κ3) is 11.4. The maximum absolute atomic E-state index is 11.2. The lowest BCUT2D eigenvalue weighted by Gasteiger charge is -2.11. The highest BCUT2D eigenvalue weighted by Crippen LogP contribution is 1.78. The van der Waals surface area contributed by atoms with Gasteiger partial charge >= 0.3 is 0 Å². The van der Waals surface area contributed by atoms with Crippen LogP contribution in [0.3, 0.4) is 0 Å².